The van der Waals surface area contributed by atoms with Crippen molar-refractivity contribution in [2.45, 2.75) is 126 Å². The zero-order valence-corrected chi connectivity index (χ0v) is 31.6. The zero-order chi connectivity index (χ0) is 38.0. The van der Waals surface area contributed by atoms with Gasteiger partial charge in [0.2, 0.25) is 21.8 Å². The molecule has 292 valence electrons. The Morgan fingerprint density at radius 2 is 1.80 bits per heavy atom. The molecule has 2 saturated carbocycles. The van der Waals surface area contributed by atoms with Gasteiger partial charge in [0.15, 0.2) is 0 Å². The summed E-state index contributed by atoms with van der Waals surface area (Å²) in [5, 5.41) is 4.96. The first-order valence-corrected chi connectivity index (χ1v) is 21.0. The molecule has 5 amide bonds. The van der Waals surface area contributed by atoms with Crippen LogP contribution in [0.25, 0.3) is 6.08 Å². The Morgan fingerprint density at radius 3 is 2.61 bits per heavy atom. The van der Waals surface area contributed by atoms with Crippen LogP contribution in [0.4, 0.5) is 9.59 Å². The highest BCUT2D eigenvalue weighted by molar-refractivity contribution is 7.91. The molecule has 5 bridgehead atoms. The van der Waals surface area contributed by atoms with Crippen molar-refractivity contribution in [1.82, 2.24) is 25.2 Å². The number of benzene rings is 1. The van der Waals surface area contributed by atoms with E-state index in [9.17, 15) is 32.4 Å². The molecule has 15 heteroatoms. The third-order valence-corrected chi connectivity index (χ3v) is 13.4. The molecule has 1 aromatic rings. The molecule has 0 unspecified atom stereocenters. The third kappa shape index (κ3) is 8.45. The van der Waals surface area contributed by atoms with Crippen LogP contribution in [0.15, 0.2) is 36.4 Å². The van der Waals surface area contributed by atoms with E-state index in [4.69, 9.17) is 9.47 Å². The number of fused-ring (bicyclic) bond motifs is 4. The van der Waals surface area contributed by atoms with E-state index in [0.29, 0.717) is 45.2 Å². The highest BCUT2D eigenvalue weighted by Gasteiger charge is 2.62. The number of hydrogen-bond donors (Lipinski definition) is 3. The number of rotatable bonds is 3. The first-order chi connectivity index (χ1) is 25.9. The van der Waals surface area contributed by atoms with E-state index >= 15 is 0 Å². The van der Waals surface area contributed by atoms with Gasteiger partial charge in [-0.05, 0) is 80.4 Å². The summed E-state index contributed by atoms with van der Waals surface area (Å²) in [5.74, 6) is -2.34. The maximum absolute atomic E-state index is 14.4. The van der Waals surface area contributed by atoms with Gasteiger partial charge in [-0.15, -0.1) is 0 Å². The maximum Gasteiger partial charge on any atom is 0.410 e. The van der Waals surface area contributed by atoms with Gasteiger partial charge in [0.1, 0.15) is 23.7 Å². The van der Waals surface area contributed by atoms with E-state index in [0.717, 1.165) is 48.8 Å². The first-order valence-electron chi connectivity index (χ1n) is 19.4. The van der Waals surface area contributed by atoms with Gasteiger partial charge in [-0.1, -0.05) is 62.3 Å². The number of cyclic esters (lactones) is 1. The van der Waals surface area contributed by atoms with Crippen molar-refractivity contribution in [3.63, 3.8) is 0 Å². The Hall–Kier alpha value is -4.40. The van der Waals surface area contributed by atoms with Crippen molar-refractivity contribution in [2.24, 2.45) is 11.8 Å². The van der Waals surface area contributed by atoms with Gasteiger partial charge < -0.3 is 25.0 Å². The molecular formula is C39H51N5O9S. The molecule has 0 spiro atoms. The monoisotopic (exact) mass is 765 g/mol. The van der Waals surface area contributed by atoms with Crippen molar-refractivity contribution in [3.05, 3.63) is 53.1 Å². The van der Waals surface area contributed by atoms with E-state index < -0.39 is 74.8 Å². The fraction of sp³-hybridized carbons (Fsp3) is 0.615. The minimum absolute atomic E-state index is 0.0502. The number of hydrogen-bond acceptors (Lipinski definition) is 9. The van der Waals surface area contributed by atoms with E-state index in [1.54, 1.807) is 4.90 Å². The highest BCUT2D eigenvalue weighted by atomic mass is 32.2. The van der Waals surface area contributed by atoms with Crippen LogP contribution in [-0.4, -0.2) is 90.3 Å². The lowest BCUT2D eigenvalue weighted by Gasteiger charge is -2.29. The molecule has 2 aliphatic carbocycles. The zero-order valence-electron chi connectivity index (χ0n) is 30.8. The molecule has 54 heavy (non-hydrogen) atoms. The molecule has 6 aliphatic rings. The number of carbonyl (C=O) groups excluding carboxylic acids is 5. The summed E-state index contributed by atoms with van der Waals surface area (Å²) in [7, 11) is -3.90. The molecule has 14 nitrogen and oxygen atoms in total. The second-order valence-corrected chi connectivity index (χ2v) is 17.8. The van der Waals surface area contributed by atoms with Crippen molar-refractivity contribution in [2.75, 3.05) is 13.2 Å². The highest BCUT2D eigenvalue weighted by Crippen LogP contribution is 2.46. The number of nitrogens with one attached hydrogen (secondary N) is 3. The van der Waals surface area contributed by atoms with E-state index in [-0.39, 0.29) is 31.9 Å². The fourth-order valence-corrected chi connectivity index (χ4v) is 9.44. The second-order valence-electron chi connectivity index (χ2n) is 15.8. The summed E-state index contributed by atoms with van der Waals surface area (Å²) in [4.78, 5) is 72.1. The number of ether oxygens (including phenoxy) is 2. The minimum Gasteiger partial charge on any atom is -0.449 e. The normalized spacial score (nSPS) is 31.2. The Labute approximate surface area is 316 Å². The number of nitrogens with zero attached hydrogens (tertiary/aromatic N) is 2. The van der Waals surface area contributed by atoms with Gasteiger partial charge in [-0.25, -0.2) is 18.0 Å². The molecular weight excluding hydrogens is 715 g/mol. The second kappa shape index (κ2) is 15.8. The van der Waals surface area contributed by atoms with Gasteiger partial charge in [0.05, 0.1) is 24.9 Å². The molecule has 3 fully saturated rings. The topological polar surface area (TPSA) is 181 Å². The molecule has 1 aromatic carbocycles. The molecule has 0 aromatic heterocycles. The van der Waals surface area contributed by atoms with Crippen LogP contribution in [0, 0.1) is 11.8 Å². The molecule has 1 saturated heterocycles. The predicted molar refractivity (Wildman–Crippen MR) is 198 cm³/mol. The van der Waals surface area contributed by atoms with Crippen LogP contribution in [0.1, 0.15) is 101 Å². The van der Waals surface area contributed by atoms with Crippen molar-refractivity contribution in [1.29, 1.82) is 0 Å². The Balaban J connectivity index is 1.17. The molecule has 6 atom stereocenters. The van der Waals surface area contributed by atoms with Crippen LogP contribution >= 0.6 is 0 Å². The first kappa shape index (κ1) is 37.9. The van der Waals surface area contributed by atoms with Crippen LogP contribution < -0.4 is 15.4 Å². The van der Waals surface area contributed by atoms with Crippen molar-refractivity contribution >= 4 is 46.0 Å². The largest absolute Gasteiger partial charge is 0.449 e. The van der Waals surface area contributed by atoms with Crippen LogP contribution in [-0.2, 0) is 47.0 Å². The van der Waals surface area contributed by atoms with Crippen molar-refractivity contribution < 1.29 is 41.9 Å². The number of alkyl carbamates (subject to hydrolysis) is 1. The quantitative estimate of drug-likeness (QED) is 0.383. The summed E-state index contributed by atoms with van der Waals surface area (Å²) in [5.41, 5.74) is 1.57. The van der Waals surface area contributed by atoms with Gasteiger partial charge in [0.25, 0.3) is 5.91 Å². The lowest BCUT2D eigenvalue weighted by Crippen LogP contribution is -2.58. The SMILES string of the molecule is C[C@H]1CCCC=Cc2cccc3c2CN(C3)C(=O)O[C@@H]2C[C@H]3C(=O)N[C@]4(C(=O)NS(=O)(=O)C5CC5)C[C@H]4C=CCCCCC[C@H](NC(=O)OC1)C(=O)N3C2. The number of amides is 5. The summed E-state index contributed by atoms with van der Waals surface area (Å²) in [6.45, 7) is 2.79. The Kier molecular flexibility index (Phi) is 11.1. The third-order valence-electron chi connectivity index (χ3n) is 11.5. The average Bonchev–Trinajstić information content (AvgIpc) is 4.02. The predicted octanol–water partition coefficient (Wildman–Crippen LogP) is 4.04. The summed E-state index contributed by atoms with van der Waals surface area (Å²) < 4.78 is 39.4. The minimum atomic E-state index is -3.90. The summed E-state index contributed by atoms with van der Waals surface area (Å²) in [6.07, 6.45) is 12.6. The Morgan fingerprint density at radius 1 is 0.981 bits per heavy atom. The molecule has 4 heterocycles. The van der Waals surface area contributed by atoms with Gasteiger partial charge in [0, 0.05) is 18.9 Å². The van der Waals surface area contributed by atoms with Crippen molar-refractivity contribution in [3.8, 4) is 0 Å². The van der Waals surface area contributed by atoms with Crippen LogP contribution in [0.2, 0.25) is 0 Å². The summed E-state index contributed by atoms with van der Waals surface area (Å²) >= 11 is 0. The standard InChI is InChI=1S/C39H51N5O9S/c1-25-11-6-5-7-12-26-13-10-14-27-21-43(23-31(26)27)38(49)53-29-19-33-34(45)41-39(36(47)42-54(50,51)30-17-18-30)20-28(39)15-8-3-2-4-9-16-32(35(46)44(33)22-29)40-37(48)52-24-25/h7-8,10,12-15,25,28-30,32-33H,2-6,9,11,16-24H2,1H3,(H,40,48)(H,41,45)(H,42,47)/t25-,28+,29+,32-,33-,39+/m0/s1. The molecule has 3 N–H and O–H groups in total. The van der Waals surface area contributed by atoms with Gasteiger partial charge in [-0.3, -0.25) is 24.0 Å². The lowest BCUT2D eigenvalue weighted by molar-refractivity contribution is -0.141. The Bertz CT molecular complexity index is 1830. The lowest BCUT2D eigenvalue weighted by atomic mass is 10.0. The molecule has 7 rings (SSSR count). The average molecular weight is 766 g/mol. The van der Waals surface area contributed by atoms with Crippen LogP contribution in [0.3, 0.4) is 0 Å². The van der Waals surface area contributed by atoms with Gasteiger partial charge in [-0.2, -0.15) is 0 Å². The van der Waals surface area contributed by atoms with E-state index in [1.807, 2.05) is 37.3 Å². The van der Waals surface area contributed by atoms with E-state index in [2.05, 4.69) is 27.5 Å². The summed E-state index contributed by atoms with van der Waals surface area (Å²) in [6, 6.07) is 3.80. The maximum atomic E-state index is 14.4. The molecule has 0 radical (unpaired) electrons. The smallest absolute Gasteiger partial charge is 0.410 e. The number of allylic oxidation sites excluding steroid dienone is 2. The van der Waals surface area contributed by atoms with Crippen LogP contribution in [0.5, 0.6) is 0 Å². The van der Waals surface area contributed by atoms with E-state index in [1.165, 1.54) is 4.90 Å². The van der Waals surface area contributed by atoms with Gasteiger partial charge >= 0.3 is 12.2 Å². The fourth-order valence-electron chi connectivity index (χ4n) is 8.08. The number of carbonyl (C=O) groups is 5. The number of sulfonamides is 1. The molecule has 4 aliphatic heterocycles.